The van der Waals surface area contributed by atoms with Crippen LogP contribution in [0.2, 0.25) is 10.2 Å². The minimum atomic E-state index is -0.351. The predicted molar refractivity (Wildman–Crippen MR) is 81.7 cm³/mol. The largest absolute Gasteiger partial charge is 0.343 e. The fourth-order valence-corrected chi connectivity index (χ4v) is 3.13. The van der Waals surface area contributed by atoms with Crippen LogP contribution in [0.4, 0.5) is 0 Å². The van der Waals surface area contributed by atoms with Crippen LogP contribution in [0.3, 0.4) is 0 Å². The summed E-state index contributed by atoms with van der Waals surface area (Å²) in [5, 5.41) is 4.34. The standard InChI is InChI=1S/C13H13Cl2N3OS/c1-6-12(20-8(3)16-6)7(2)17-13(19)11-9(14)4-5-10(15)18-11/h4-5,7H,1-3H3,(H,17,19). The van der Waals surface area contributed by atoms with E-state index in [9.17, 15) is 4.79 Å². The van der Waals surface area contributed by atoms with Gasteiger partial charge in [-0.3, -0.25) is 4.79 Å². The van der Waals surface area contributed by atoms with E-state index < -0.39 is 0 Å². The van der Waals surface area contributed by atoms with Crippen molar-refractivity contribution >= 4 is 40.4 Å². The second-order valence-electron chi connectivity index (χ2n) is 4.34. The van der Waals surface area contributed by atoms with Crippen molar-refractivity contribution in [3.05, 3.63) is 43.6 Å². The number of halogens is 2. The quantitative estimate of drug-likeness (QED) is 0.867. The lowest BCUT2D eigenvalue weighted by Crippen LogP contribution is -2.27. The van der Waals surface area contributed by atoms with E-state index in [1.54, 1.807) is 23.5 Å². The molecule has 2 aromatic heterocycles. The minimum absolute atomic E-state index is 0.130. The molecule has 2 heterocycles. The van der Waals surface area contributed by atoms with Crippen LogP contribution < -0.4 is 5.32 Å². The normalized spacial score (nSPS) is 12.2. The Balaban J connectivity index is 2.19. The molecule has 7 heteroatoms. The molecule has 106 valence electrons. The number of pyridine rings is 1. The monoisotopic (exact) mass is 329 g/mol. The molecular formula is C13H13Cl2N3OS. The SMILES string of the molecule is Cc1nc(C)c(C(C)NC(=O)c2nc(Cl)ccc2Cl)s1. The Labute approximate surface area is 131 Å². The number of hydrogen-bond donors (Lipinski definition) is 1. The molecular weight excluding hydrogens is 317 g/mol. The Bertz CT molecular complexity index is 657. The number of aryl methyl sites for hydroxylation is 2. The summed E-state index contributed by atoms with van der Waals surface area (Å²) in [6.45, 7) is 5.76. The van der Waals surface area contributed by atoms with Gasteiger partial charge in [-0.15, -0.1) is 11.3 Å². The lowest BCUT2D eigenvalue weighted by Gasteiger charge is -2.13. The first-order valence-corrected chi connectivity index (χ1v) is 7.52. The molecule has 0 radical (unpaired) electrons. The molecule has 1 N–H and O–H groups in total. The highest BCUT2D eigenvalue weighted by atomic mass is 35.5. The van der Waals surface area contributed by atoms with Crippen molar-refractivity contribution in [3.8, 4) is 0 Å². The first-order valence-electron chi connectivity index (χ1n) is 5.95. The highest BCUT2D eigenvalue weighted by Gasteiger charge is 2.19. The molecule has 0 aliphatic carbocycles. The van der Waals surface area contributed by atoms with E-state index in [2.05, 4.69) is 15.3 Å². The highest BCUT2D eigenvalue weighted by molar-refractivity contribution is 7.11. The molecule has 0 spiro atoms. The number of rotatable bonds is 3. The number of nitrogens with zero attached hydrogens (tertiary/aromatic N) is 2. The summed E-state index contributed by atoms with van der Waals surface area (Å²) in [6.07, 6.45) is 0. The maximum Gasteiger partial charge on any atom is 0.271 e. The van der Waals surface area contributed by atoms with Crippen molar-refractivity contribution < 1.29 is 4.79 Å². The molecule has 0 aromatic carbocycles. The molecule has 0 fully saturated rings. The molecule has 1 atom stereocenters. The minimum Gasteiger partial charge on any atom is -0.343 e. The summed E-state index contributed by atoms with van der Waals surface area (Å²) >= 11 is 13.3. The second-order valence-corrected chi connectivity index (χ2v) is 6.37. The summed E-state index contributed by atoms with van der Waals surface area (Å²) in [7, 11) is 0. The van der Waals surface area contributed by atoms with Crippen molar-refractivity contribution in [2.45, 2.75) is 26.8 Å². The van der Waals surface area contributed by atoms with Crippen LogP contribution in [0.1, 0.15) is 39.0 Å². The van der Waals surface area contributed by atoms with E-state index in [0.717, 1.165) is 15.6 Å². The number of aromatic nitrogens is 2. The third-order valence-corrected chi connectivity index (χ3v) is 4.48. The van der Waals surface area contributed by atoms with Gasteiger partial charge in [0.05, 0.1) is 21.8 Å². The number of carbonyl (C=O) groups excluding carboxylic acids is 1. The average Bonchev–Trinajstić information content (AvgIpc) is 2.71. The topological polar surface area (TPSA) is 54.9 Å². The van der Waals surface area contributed by atoms with E-state index in [1.165, 1.54) is 0 Å². The summed E-state index contributed by atoms with van der Waals surface area (Å²) in [5.74, 6) is -0.351. The summed E-state index contributed by atoms with van der Waals surface area (Å²) in [5.41, 5.74) is 1.05. The number of thiazole rings is 1. The van der Waals surface area contributed by atoms with Crippen LogP contribution >= 0.6 is 34.5 Å². The summed E-state index contributed by atoms with van der Waals surface area (Å²) in [6, 6.07) is 2.94. The first kappa shape index (κ1) is 15.2. The van der Waals surface area contributed by atoms with Gasteiger partial charge in [0.15, 0.2) is 0 Å². The molecule has 2 aromatic rings. The van der Waals surface area contributed by atoms with Gasteiger partial charge in [-0.05, 0) is 32.9 Å². The van der Waals surface area contributed by atoms with Crippen LogP contribution in [0.5, 0.6) is 0 Å². The molecule has 20 heavy (non-hydrogen) atoms. The number of hydrogen-bond acceptors (Lipinski definition) is 4. The van der Waals surface area contributed by atoms with E-state index in [1.807, 2.05) is 20.8 Å². The summed E-state index contributed by atoms with van der Waals surface area (Å²) < 4.78 is 0. The van der Waals surface area contributed by atoms with E-state index in [0.29, 0.717) is 0 Å². The van der Waals surface area contributed by atoms with Gasteiger partial charge in [-0.1, -0.05) is 23.2 Å². The Morgan fingerprint density at radius 1 is 1.30 bits per heavy atom. The Morgan fingerprint density at radius 2 is 2.00 bits per heavy atom. The molecule has 1 unspecified atom stereocenters. The third kappa shape index (κ3) is 3.29. The van der Waals surface area contributed by atoms with Gasteiger partial charge in [0.25, 0.3) is 5.91 Å². The van der Waals surface area contributed by atoms with E-state index in [-0.39, 0.29) is 27.8 Å². The molecule has 0 aliphatic heterocycles. The van der Waals surface area contributed by atoms with E-state index in [4.69, 9.17) is 23.2 Å². The van der Waals surface area contributed by atoms with Gasteiger partial charge < -0.3 is 5.32 Å². The van der Waals surface area contributed by atoms with Gasteiger partial charge >= 0.3 is 0 Å². The number of carbonyl (C=O) groups is 1. The fourth-order valence-electron chi connectivity index (χ4n) is 1.86. The molecule has 4 nitrogen and oxygen atoms in total. The lowest BCUT2D eigenvalue weighted by molar-refractivity contribution is 0.0935. The molecule has 0 saturated heterocycles. The predicted octanol–water partition coefficient (Wildman–Crippen LogP) is 3.95. The molecule has 2 rings (SSSR count). The zero-order valence-electron chi connectivity index (χ0n) is 11.2. The Hall–Kier alpha value is -1.17. The fraction of sp³-hybridized carbons (Fsp3) is 0.308. The van der Waals surface area contributed by atoms with E-state index >= 15 is 0 Å². The van der Waals surface area contributed by atoms with Crippen molar-refractivity contribution in [2.75, 3.05) is 0 Å². The van der Waals surface area contributed by atoms with Crippen LogP contribution in [0.15, 0.2) is 12.1 Å². The van der Waals surface area contributed by atoms with Gasteiger partial charge in [-0.25, -0.2) is 9.97 Å². The summed E-state index contributed by atoms with van der Waals surface area (Å²) in [4.78, 5) is 21.5. The van der Waals surface area contributed by atoms with Crippen molar-refractivity contribution in [1.82, 2.24) is 15.3 Å². The molecule has 0 aliphatic rings. The average molecular weight is 330 g/mol. The zero-order valence-corrected chi connectivity index (χ0v) is 13.5. The van der Waals surface area contributed by atoms with Crippen molar-refractivity contribution in [3.63, 3.8) is 0 Å². The zero-order chi connectivity index (χ0) is 14.9. The molecule has 0 saturated carbocycles. The molecule has 0 bridgehead atoms. The number of amides is 1. The van der Waals surface area contributed by atoms with Gasteiger partial charge in [0, 0.05) is 4.88 Å². The van der Waals surface area contributed by atoms with Crippen LogP contribution in [-0.2, 0) is 0 Å². The first-order chi connectivity index (χ1) is 9.38. The lowest BCUT2D eigenvalue weighted by atomic mass is 10.2. The Kier molecular flexibility index (Phi) is 4.62. The molecule has 1 amide bonds. The van der Waals surface area contributed by atoms with Gasteiger partial charge in [-0.2, -0.15) is 0 Å². The van der Waals surface area contributed by atoms with Crippen molar-refractivity contribution in [2.24, 2.45) is 0 Å². The van der Waals surface area contributed by atoms with Gasteiger partial charge in [0.1, 0.15) is 10.8 Å². The van der Waals surface area contributed by atoms with Crippen LogP contribution in [-0.4, -0.2) is 15.9 Å². The Morgan fingerprint density at radius 3 is 2.60 bits per heavy atom. The second kappa shape index (κ2) is 6.08. The smallest absolute Gasteiger partial charge is 0.271 e. The maximum atomic E-state index is 12.2. The van der Waals surface area contributed by atoms with Crippen LogP contribution in [0.25, 0.3) is 0 Å². The third-order valence-electron chi connectivity index (χ3n) is 2.71. The van der Waals surface area contributed by atoms with Crippen molar-refractivity contribution in [1.29, 1.82) is 0 Å². The maximum absolute atomic E-state index is 12.2. The number of nitrogens with one attached hydrogen (secondary N) is 1. The van der Waals surface area contributed by atoms with Crippen LogP contribution in [0, 0.1) is 13.8 Å². The highest BCUT2D eigenvalue weighted by Crippen LogP contribution is 2.25. The van der Waals surface area contributed by atoms with Gasteiger partial charge in [0.2, 0.25) is 0 Å².